The highest BCUT2D eigenvalue weighted by molar-refractivity contribution is 5.90. The topological polar surface area (TPSA) is 75.6 Å². The second-order valence-electron chi connectivity index (χ2n) is 7.00. The molecule has 1 saturated heterocycles. The van der Waals surface area contributed by atoms with Crippen LogP contribution in [0.2, 0.25) is 0 Å². The molecule has 2 N–H and O–H groups in total. The SMILES string of the molecule is O=C(NC1(C(=O)O)CCOCC1)C1C2C3CCC(C3)C12. The van der Waals surface area contributed by atoms with Gasteiger partial charge in [0, 0.05) is 32.0 Å². The first-order valence-electron chi connectivity index (χ1n) is 7.75. The number of carboxylic acid groups (broad SMARTS) is 1. The molecule has 4 aliphatic rings. The molecule has 20 heavy (non-hydrogen) atoms. The summed E-state index contributed by atoms with van der Waals surface area (Å²) < 4.78 is 5.24. The van der Waals surface area contributed by atoms with Crippen LogP contribution in [0.5, 0.6) is 0 Å². The van der Waals surface area contributed by atoms with E-state index < -0.39 is 11.5 Å². The van der Waals surface area contributed by atoms with Crippen molar-refractivity contribution in [1.29, 1.82) is 0 Å². The van der Waals surface area contributed by atoms with Crippen molar-refractivity contribution in [2.45, 2.75) is 37.6 Å². The van der Waals surface area contributed by atoms with Crippen molar-refractivity contribution in [2.24, 2.45) is 29.6 Å². The average molecular weight is 279 g/mol. The number of rotatable bonds is 3. The summed E-state index contributed by atoms with van der Waals surface area (Å²) in [6.07, 6.45) is 4.60. The number of carbonyl (C=O) groups excluding carboxylic acids is 1. The minimum absolute atomic E-state index is 0.0131. The van der Waals surface area contributed by atoms with Crippen molar-refractivity contribution in [2.75, 3.05) is 13.2 Å². The van der Waals surface area contributed by atoms with E-state index in [-0.39, 0.29) is 11.8 Å². The molecule has 3 aliphatic carbocycles. The van der Waals surface area contributed by atoms with Crippen LogP contribution < -0.4 is 5.32 Å². The van der Waals surface area contributed by atoms with Gasteiger partial charge in [-0.2, -0.15) is 0 Å². The summed E-state index contributed by atoms with van der Waals surface area (Å²) in [5.74, 6) is 1.75. The second kappa shape index (κ2) is 4.20. The Morgan fingerprint density at radius 3 is 2.25 bits per heavy atom. The number of hydrogen-bond donors (Lipinski definition) is 2. The van der Waals surface area contributed by atoms with Gasteiger partial charge in [-0.1, -0.05) is 0 Å². The second-order valence-corrected chi connectivity index (χ2v) is 7.00. The third kappa shape index (κ3) is 1.65. The summed E-state index contributed by atoms with van der Waals surface area (Å²) in [5.41, 5.74) is -1.09. The van der Waals surface area contributed by atoms with Crippen molar-refractivity contribution in [3.05, 3.63) is 0 Å². The zero-order valence-corrected chi connectivity index (χ0v) is 11.5. The van der Waals surface area contributed by atoms with E-state index in [9.17, 15) is 14.7 Å². The van der Waals surface area contributed by atoms with E-state index in [1.807, 2.05) is 0 Å². The molecule has 1 amide bonds. The van der Waals surface area contributed by atoms with Crippen LogP contribution in [0.3, 0.4) is 0 Å². The predicted molar refractivity (Wildman–Crippen MR) is 69.9 cm³/mol. The first-order chi connectivity index (χ1) is 9.62. The standard InChI is InChI=1S/C15H21NO4/c17-13(12-10-8-1-2-9(7-8)11(10)12)16-15(14(18)19)3-5-20-6-4-15/h8-12H,1-7H2,(H,16,17)(H,18,19). The number of carboxylic acids is 1. The lowest BCUT2D eigenvalue weighted by Crippen LogP contribution is -2.58. The van der Waals surface area contributed by atoms with Gasteiger partial charge < -0.3 is 15.2 Å². The Labute approximate surface area is 118 Å². The van der Waals surface area contributed by atoms with E-state index in [0.717, 1.165) is 11.8 Å². The first-order valence-corrected chi connectivity index (χ1v) is 7.75. The molecule has 0 spiro atoms. The molecule has 0 radical (unpaired) electrons. The molecule has 2 bridgehead atoms. The molecule has 4 atom stereocenters. The van der Waals surface area contributed by atoms with Gasteiger partial charge in [0.15, 0.2) is 0 Å². The highest BCUT2D eigenvalue weighted by atomic mass is 16.5. The fraction of sp³-hybridized carbons (Fsp3) is 0.867. The van der Waals surface area contributed by atoms with E-state index in [2.05, 4.69) is 5.32 Å². The maximum Gasteiger partial charge on any atom is 0.329 e. The molecule has 0 aromatic rings. The van der Waals surface area contributed by atoms with Crippen LogP contribution in [-0.2, 0) is 14.3 Å². The summed E-state index contributed by atoms with van der Waals surface area (Å²) in [6.45, 7) is 0.824. The molecular weight excluding hydrogens is 258 g/mol. The lowest BCUT2D eigenvalue weighted by molar-refractivity contribution is -0.152. The van der Waals surface area contributed by atoms with Crippen LogP contribution >= 0.6 is 0 Å². The molecule has 5 heteroatoms. The Morgan fingerprint density at radius 2 is 1.70 bits per heavy atom. The van der Waals surface area contributed by atoms with E-state index >= 15 is 0 Å². The number of aliphatic carboxylic acids is 1. The predicted octanol–water partition coefficient (Wildman–Crippen LogP) is 1.03. The van der Waals surface area contributed by atoms with Crippen molar-refractivity contribution in [3.63, 3.8) is 0 Å². The van der Waals surface area contributed by atoms with Gasteiger partial charge in [0.2, 0.25) is 5.91 Å². The van der Waals surface area contributed by atoms with Gasteiger partial charge in [0.05, 0.1) is 0 Å². The molecule has 4 fully saturated rings. The Morgan fingerprint density at radius 1 is 1.10 bits per heavy atom. The van der Waals surface area contributed by atoms with E-state index in [1.165, 1.54) is 19.3 Å². The third-order valence-electron chi connectivity index (χ3n) is 6.16. The molecule has 4 unspecified atom stereocenters. The summed E-state index contributed by atoms with van der Waals surface area (Å²) in [5, 5.41) is 12.4. The highest BCUT2D eigenvalue weighted by Gasteiger charge is 2.68. The molecule has 4 rings (SSSR count). The fourth-order valence-electron chi connectivity index (χ4n) is 5.11. The summed E-state index contributed by atoms with van der Waals surface area (Å²) in [7, 11) is 0. The smallest absolute Gasteiger partial charge is 0.329 e. The van der Waals surface area contributed by atoms with Crippen LogP contribution in [-0.4, -0.2) is 35.7 Å². The van der Waals surface area contributed by atoms with Crippen LogP contribution in [0.15, 0.2) is 0 Å². The van der Waals surface area contributed by atoms with Gasteiger partial charge >= 0.3 is 5.97 Å². The minimum atomic E-state index is -1.09. The molecule has 1 heterocycles. The van der Waals surface area contributed by atoms with Crippen molar-refractivity contribution in [3.8, 4) is 0 Å². The molecule has 0 aromatic carbocycles. The van der Waals surface area contributed by atoms with Crippen LogP contribution in [0.1, 0.15) is 32.1 Å². The highest BCUT2D eigenvalue weighted by Crippen LogP contribution is 2.69. The van der Waals surface area contributed by atoms with Crippen molar-refractivity contribution >= 4 is 11.9 Å². The van der Waals surface area contributed by atoms with Gasteiger partial charge in [-0.15, -0.1) is 0 Å². The Hall–Kier alpha value is -1.10. The number of fused-ring (bicyclic) bond motifs is 5. The van der Waals surface area contributed by atoms with Crippen LogP contribution in [0.25, 0.3) is 0 Å². The lowest BCUT2D eigenvalue weighted by Gasteiger charge is -2.34. The zero-order valence-electron chi connectivity index (χ0n) is 11.5. The van der Waals surface area contributed by atoms with Crippen molar-refractivity contribution in [1.82, 2.24) is 5.32 Å². The Kier molecular flexibility index (Phi) is 2.65. The minimum Gasteiger partial charge on any atom is -0.480 e. The monoisotopic (exact) mass is 279 g/mol. The van der Waals surface area contributed by atoms with Gasteiger partial charge in [-0.05, 0) is 42.9 Å². The van der Waals surface area contributed by atoms with Gasteiger partial charge in [-0.3, -0.25) is 4.79 Å². The van der Waals surface area contributed by atoms with E-state index in [1.54, 1.807) is 0 Å². The third-order valence-corrected chi connectivity index (χ3v) is 6.16. The number of hydrogen-bond acceptors (Lipinski definition) is 3. The largest absolute Gasteiger partial charge is 0.480 e. The molecule has 5 nitrogen and oxygen atoms in total. The molecular formula is C15H21NO4. The lowest BCUT2D eigenvalue weighted by atomic mass is 9.89. The van der Waals surface area contributed by atoms with Crippen molar-refractivity contribution < 1.29 is 19.4 Å². The zero-order chi connectivity index (χ0) is 13.9. The summed E-state index contributed by atoms with van der Waals surface area (Å²) in [6, 6.07) is 0. The molecule has 3 saturated carbocycles. The number of nitrogens with one attached hydrogen (secondary N) is 1. The first kappa shape index (κ1) is 12.6. The quantitative estimate of drug-likeness (QED) is 0.809. The van der Waals surface area contributed by atoms with Gasteiger partial charge in [-0.25, -0.2) is 4.79 Å². The summed E-state index contributed by atoms with van der Waals surface area (Å²) >= 11 is 0. The maximum atomic E-state index is 12.5. The molecule has 0 aromatic heterocycles. The van der Waals surface area contributed by atoms with Crippen LogP contribution in [0, 0.1) is 29.6 Å². The van der Waals surface area contributed by atoms with Gasteiger partial charge in [0.1, 0.15) is 5.54 Å². The Balaban J connectivity index is 1.46. The maximum absolute atomic E-state index is 12.5. The van der Waals surface area contributed by atoms with E-state index in [4.69, 9.17) is 4.74 Å². The number of amides is 1. The van der Waals surface area contributed by atoms with E-state index in [0.29, 0.717) is 37.9 Å². The average Bonchev–Trinajstić information content (AvgIpc) is 2.89. The Bertz CT molecular complexity index is 441. The number of carbonyl (C=O) groups is 2. The van der Waals surface area contributed by atoms with Gasteiger partial charge in [0.25, 0.3) is 0 Å². The number of ether oxygens (including phenoxy) is 1. The molecule has 110 valence electrons. The summed E-state index contributed by atoms with van der Waals surface area (Å²) in [4.78, 5) is 24.1. The van der Waals surface area contributed by atoms with Crippen LogP contribution in [0.4, 0.5) is 0 Å². The fourth-order valence-corrected chi connectivity index (χ4v) is 5.11. The molecule has 1 aliphatic heterocycles. The normalized spacial score (nSPS) is 43.9.